The Labute approximate surface area is 207 Å². The standard InChI is InChI=1S/C30H36O2P2/c1-3-11-25(12-4-1)21-31-23-27-15-9-19-33(27)29-17-7-8-18-30(29)34-20-10-16-28(34)24-32-22-26-13-5-2-6-14-26/h1-8,11-14,17-18,27-28H,9-10,15-16,19-24H2/t27-,28-,33?,34?/m1/s1. The van der Waals surface area contributed by atoms with Gasteiger partial charge in [-0.15, -0.1) is 0 Å². The summed E-state index contributed by atoms with van der Waals surface area (Å²) < 4.78 is 12.5. The van der Waals surface area contributed by atoms with Crippen molar-refractivity contribution < 1.29 is 9.47 Å². The zero-order chi connectivity index (χ0) is 23.0. The molecule has 3 aromatic rings. The summed E-state index contributed by atoms with van der Waals surface area (Å²) in [5.74, 6) is 0. The lowest BCUT2D eigenvalue weighted by Crippen LogP contribution is -2.29. The van der Waals surface area contributed by atoms with E-state index in [1.54, 1.807) is 10.6 Å². The van der Waals surface area contributed by atoms with Crippen LogP contribution >= 0.6 is 15.8 Å². The molecule has 0 saturated carbocycles. The molecule has 2 saturated heterocycles. The van der Waals surface area contributed by atoms with Gasteiger partial charge in [0.2, 0.25) is 0 Å². The third-order valence-corrected chi connectivity index (χ3v) is 13.5. The molecule has 178 valence electrons. The van der Waals surface area contributed by atoms with Crippen molar-refractivity contribution in [3.05, 3.63) is 96.1 Å². The highest BCUT2D eigenvalue weighted by molar-refractivity contribution is 7.73. The van der Waals surface area contributed by atoms with E-state index in [1.165, 1.54) is 49.1 Å². The Kier molecular flexibility index (Phi) is 8.82. The summed E-state index contributed by atoms with van der Waals surface area (Å²) >= 11 is 0. The molecule has 34 heavy (non-hydrogen) atoms. The Bertz CT molecular complexity index is 928. The summed E-state index contributed by atoms with van der Waals surface area (Å²) in [6, 6.07) is 30.6. The number of hydrogen-bond acceptors (Lipinski definition) is 2. The van der Waals surface area contributed by atoms with E-state index in [1.807, 2.05) is 0 Å². The van der Waals surface area contributed by atoms with Gasteiger partial charge < -0.3 is 9.47 Å². The van der Waals surface area contributed by atoms with Crippen molar-refractivity contribution in [1.29, 1.82) is 0 Å². The van der Waals surface area contributed by atoms with Gasteiger partial charge in [-0.05, 0) is 59.7 Å². The molecular formula is C30H36O2P2. The summed E-state index contributed by atoms with van der Waals surface area (Å²) in [6.45, 7) is 3.26. The average Bonchev–Trinajstić information content (AvgIpc) is 3.55. The van der Waals surface area contributed by atoms with Crippen LogP contribution in [0.4, 0.5) is 0 Å². The third kappa shape index (κ3) is 6.16. The van der Waals surface area contributed by atoms with Crippen molar-refractivity contribution in [2.75, 3.05) is 25.5 Å². The van der Waals surface area contributed by atoms with Crippen LogP contribution in [0.3, 0.4) is 0 Å². The van der Waals surface area contributed by atoms with E-state index in [2.05, 4.69) is 84.9 Å². The fourth-order valence-electron chi connectivity index (χ4n) is 5.38. The van der Waals surface area contributed by atoms with Crippen molar-refractivity contribution in [3.8, 4) is 0 Å². The Morgan fingerprint density at radius 2 is 0.971 bits per heavy atom. The van der Waals surface area contributed by atoms with E-state index in [0.29, 0.717) is 11.3 Å². The van der Waals surface area contributed by atoms with Gasteiger partial charge >= 0.3 is 0 Å². The molecule has 2 heterocycles. The maximum atomic E-state index is 6.24. The highest BCUT2D eigenvalue weighted by Gasteiger charge is 2.34. The smallest absolute Gasteiger partial charge is 0.0717 e. The first-order valence-corrected chi connectivity index (χ1v) is 15.9. The molecule has 4 atom stereocenters. The summed E-state index contributed by atoms with van der Waals surface area (Å²) in [4.78, 5) is 0. The Morgan fingerprint density at radius 3 is 1.41 bits per heavy atom. The van der Waals surface area contributed by atoms with Crippen molar-refractivity contribution >= 4 is 26.5 Å². The van der Waals surface area contributed by atoms with Crippen LogP contribution in [-0.4, -0.2) is 36.9 Å². The molecule has 0 radical (unpaired) electrons. The molecule has 3 aromatic carbocycles. The SMILES string of the molecule is c1ccc(COC[C@H]2CCCP2c2ccccc2P2CCC[C@@H]2COCc2ccccc2)cc1. The van der Waals surface area contributed by atoms with Gasteiger partial charge in [0.05, 0.1) is 26.4 Å². The summed E-state index contributed by atoms with van der Waals surface area (Å²) in [7, 11) is -0.278. The minimum atomic E-state index is -0.139. The lowest BCUT2D eigenvalue weighted by atomic mass is 10.2. The zero-order valence-electron chi connectivity index (χ0n) is 20.0. The van der Waals surface area contributed by atoms with E-state index >= 15 is 0 Å². The van der Waals surface area contributed by atoms with Crippen LogP contribution in [0.25, 0.3) is 0 Å². The van der Waals surface area contributed by atoms with Crippen molar-refractivity contribution in [3.63, 3.8) is 0 Å². The molecule has 2 unspecified atom stereocenters. The summed E-state index contributed by atoms with van der Waals surface area (Å²) in [5, 5.41) is 3.37. The Balaban J connectivity index is 1.23. The minimum absolute atomic E-state index is 0.139. The largest absolute Gasteiger partial charge is 0.376 e. The average molecular weight is 491 g/mol. The molecule has 2 fully saturated rings. The van der Waals surface area contributed by atoms with Gasteiger partial charge in [-0.2, -0.15) is 0 Å². The summed E-state index contributed by atoms with van der Waals surface area (Å²) in [5.41, 5.74) is 3.95. The van der Waals surface area contributed by atoms with Gasteiger partial charge in [0.15, 0.2) is 0 Å². The normalized spacial score (nSPS) is 24.5. The number of hydrogen-bond donors (Lipinski definition) is 0. The van der Waals surface area contributed by atoms with Gasteiger partial charge in [0, 0.05) is 11.3 Å². The highest BCUT2D eigenvalue weighted by atomic mass is 31.1. The molecule has 0 aliphatic carbocycles. The quantitative estimate of drug-likeness (QED) is 0.296. The molecule has 0 N–H and O–H groups in total. The minimum Gasteiger partial charge on any atom is -0.376 e. The molecule has 4 heteroatoms. The molecule has 0 amide bonds. The Hall–Kier alpha value is -1.56. The molecule has 5 rings (SSSR count). The van der Waals surface area contributed by atoms with Crippen LogP contribution < -0.4 is 10.6 Å². The second kappa shape index (κ2) is 12.4. The second-order valence-electron chi connectivity index (χ2n) is 9.47. The van der Waals surface area contributed by atoms with Gasteiger partial charge in [-0.25, -0.2) is 0 Å². The van der Waals surface area contributed by atoms with Crippen LogP contribution in [0.1, 0.15) is 36.8 Å². The van der Waals surface area contributed by atoms with Crippen LogP contribution in [0.15, 0.2) is 84.9 Å². The molecule has 2 aliphatic heterocycles. The fourth-order valence-corrected chi connectivity index (χ4v) is 12.0. The first kappa shape index (κ1) is 24.1. The number of rotatable bonds is 10. The highest BCUT2D eigenvalue weighted by Crippen LogP contribution is 2.54. The molecular weight excluding hydrogens is 454 g/mol. The van der Waals surface area contributed by atoms with Crippen LogP contribution in [-0.2, 0) is 22.7 Å². The number of benzene rings is 3. The van der Waals surface area contributed by atoms with E-state index in [0.717, 1.165) is 26.4 Å². The van der Waals surface area contributed by atoms with Gasteiger partial charge in [0.1, 0.15) is 0 Å². The van der Waals surface area contributed by atoms with Gasteiger partial charge in [-0.3, -0.25) is 0 Å². The first-order chi connectivity index (χ1) is 16.9. The van der Waals surface area contributed by atoms with E-state index in [4.69, 9.17) is 9.47 Å². The van der Waals surface area contributed by atoms with Crippen LogP contribution in [0, 0.1) is 0 Å². The molecule has 0 bridgehead atoms. The van der Waals surface area contributed by atoms with Crippen LogP contribution in [0.2, 0.25) is 0 Å². The molecule has 2 aliphatic rings. The van der Waals surface area contributed by atoms with E-state index < -0.39 is 0 Å². The monoisotopic (exact) mass is 490 g/mol. The topological polar surface area (TPSA) is 18.5 Å². The molecule has 0 spiro atoms. The maximum Gasteiger partial charge on any atom is 0.0717 e. The van der Waals surface area contributed by atoms with Crippen LogP contribution in [0.5, 0.6) is 0 Å². The van der Waals surface area contributed by atoms with Gasteiger partial charge in [0.25, 0.3) is 0 Å². The predicted octanol–water partition coefficient (Wildman–Crippen LogP) is 6.66. The van der Waals surface area contributed by atoms with Gasteiger partial charge in [-0.1, -0.05) is 101 Å². The lowest BCUT2D eigenvalue weighted by Gasteiger charge is -2.28. The predicted molar refractivity (Wildman–Crippen MR) is 148 cm³/mol. The zero-order valence-corrected chi connectivity index (χ0v) is 21.8. The number of ether oxygens (including phenoxy) is 2. The molecule has 2 nitrogen and oxygen atoms in total. The maximum absolute atomic E-state index is 6.24. The Morgan fingerprint density at radius 1 is 0.559 bits per heavy atom. The lowest BCUT2D eigenvalue weighted by molar-refractivity contribution is 0.121. The van der Waals surface area contributed by atoms with Crippen molar-refractivity contribution in [2.24, 2.45) is 0 Å². The van der Waals surface area contributed by atoms with Crippen molar-refractivity contribution in [2.45, 2.75) is 50.2 Å². The third-order valence-electron chi connectivity index (χ3n) is 7.10. The first-order valence-electron chi connectivity index (χ1n) is 12.7. The summed E-state index contributed by atoms with van der Waals surface area (Å²) in [6.07, 6.45) is 8.06. The molecule has 0 aromatic heterocycles. The van der Waals surface area contributed by atoms with E-state index in [9.17, 15) is 0 Å². The fraction of sp³-hybridized carbons (Fsp3) is 0.400. The van der Waals surface area contributed by atoms with Crippen molar-refractivity contribution in [1.82, 2.24) is 0 Å². The second-order valence-corrected chi connectivity index (χ2v) is 14.7. The van der Waals surface area contributed by atoms with E-state index in [-0.39, 0.29) is 15.8 Å².